The lowest BCUT2D eigenvalue weighted by Crippen LogP contribution is -2.23. The maximum absolute atomic E-state index is 12.4. The Kier molecular flexibility index (Phi) is 5.48. The summed E-state index contributed by atoms with van der Waals surface area (Å²) in [6.45, 7) is 0.636. The molecule has 8 heteroatoms. The van der Waals surface area contributed by atoms with Gasteiger partial charge in [0.1, 0.15) is 19.0 Å². The zero-order valence-corrected chi connectivity index (χ0v) is 14.4. The maximum Gasteiger partial charge on any atom is 0.341 e. The van der Waals surface area contributed by atoms with Crippen LogP contribution in [-0.4, -0.2) is 36.8 Å². The lowest BCUT2D eigenvalue weighted by Gasteiger charge is -2.20. The molecule has 0 unspecified atom stereocenters. The van der Waals surface area contributed by atoms with Crippen LogP contribution in [-0.2, 0) is 11.3 Å². The highest BCUT2D eigenvalue weighted by Gasteiger charge is 2.19. The molecule has 1 amide bonds. The van der Waals surface area contributed by atoms with Crippen molar-refractivity contribution in [1.29, 1.82) is 0 Å². The zero-order chi connectivity index (χ0) is 18.5. The molecule has 0 aromatic heterocycles. The highest BCUT2D eigenvalue weighted by molar-refractivity contribution is 6.32. The first-order chi connectivity index (χ1) is 12.5. The minimum absolute atomic E-state index is 0.245. The summed E-state index contributed by atoms with van der Waals surface area (Å²) in [6.07, 6.45) is 0. The first kappa shape index (κ1) is 17.9. The molecule has 0 aliphatic carbocycles. The number of ether oxygens (including phenoxy) is 3. The van der Waals surface area contributed by atoms with Crippen LogP contribution in [0.1, 0.15) is 15.9 Å². The number of hydrogen-bond acceptors (Lipinski definition) is 5. The van der Waals surface area contributed by atoms with Gasteiger partial charge in [0.15, 0.2) is 18.1 Å². The lowest BCUT2D eigenvalue weighted by molar-refractivity contribution is -0.139. The minimum atomic E-state index is -1.06. The number of nitrogens with one attached hydrogen (secondary N) is 1. The fraction of sp³-hybridized carbons (Fsp3) is 0.222. The molecule has 0 bridgehead atoms. The standard InChI is InChI=1S/C18H16ClNO6/c19-14-7-12(8-15-17(14)25-5-4-24-15)18(23)20-9-11-2-1-3-13(6-11)26-10-16(21)22/h1-3,6-8H,4-5,9-10H2,(H,20,23)(H,21,22). The molecule has 3 rings (SSSR count). The Morgan fingerprint density at radius 1 is 1.19 bits per heavy atom. The molecule has 0 radical (unpaired) electrons. The summed E-state index contributed by atoms with van der Waals surface area (Å²) in [7, 11) is 0. The topological polar surface area (TPSA) is 94.1 Å². The molecule has 0 saturated heterocycles. The Hall–Kier alpha value is -2.93. The maximum atomic E-state index is 12.4. The number of benzene rings is 2. The van der Waals surface area contributed by atoms with Gasteiger partial charge in [0, 0.05) is 12.1 Å². The van der Waals surface area contributed by atoms with E-state index in [4.69, 9.17) is 30.9 Å². The molecule has 2 aromatic rings. The van der Waals surface area contributed by atoms with Crippen molar-refractivity contribution in [2.24, 2.45) is 0 Å². The first-order valence-corrected chi connectivity index (χ1v) is 8.21. The highest BCUT2D eigenvalue weighted by Crippen LogP contribution is 2.38. The smallest absolute Gasteiger partial charge is 0.341 e. The van der Waals surface area contributed by atoms with Crippen LogP contribution in [0.5, 0.6) is 17.2 Å². The van der Waals surface area contributed by atoms with Crippen molar-refractivity contribution >= 4 is 23.5 Å². The van der Waals surface area contributed by atoms with E-state index in [1.165, 1.54) is 6.07 Å². The quantitative estimate of drug-likeness (QED) is 0.803. The van der Waals surface area contributed by atoms with Crippen molar-refractivity contribution in [3.63, 3.8) is 0 Å². The van der Waals surface area contributed by atoms with Crippen LogP contribution in [0.15, 0.2) is 36.4 Å². The highest BCUT2D eigenvalue weighted by atomic mass is 35.5. The molecule has 7 nitrogen and oxygen atoms in total. The summed E-state index contributed by atoms with van der Waals surface area (Å²) in [6, 6.07) is 9.94. The predicted molar refractivity (Wildman–Crippen MR) is 93.2 cm³/mol. The lowest BCUT2D eigenvalue weighted by atomic mass is 10.1. The number of rotatable bonds is 6. The number of fused-ring (bicyclic) bond motifs is 1. The number of aliphatic carboxylic acids is 1. The predicted octanol–water partition coefficient (Wildman–Crippen LogP) is 2.50. The number of amides is 1. The average molecular weight is 378 g/mol. The van der Waals surface area contributed by atoms with E-state index in [1.54, 1.807) is 30.3 Å². The monoisotopic (exact) mass is 377 g/mol. The van der Waals surface area contributed by atoms with Crippen LogP contribution < -0.4 is 19.5 Å². The van der Waals surface area contributed by atoms with Crippen molar-refractivity contribution in [3.05, 3.63) is 52.5 Å². The van der Waals surface area contributed by atoms with Crippen molar-refractivity contribution in [1.82, 2.24) is 5.32 Å². The molecule has 0 saturated carbocycles. The molecule has 1 heterocycles. The van der Waals surface area contributed by atoms with E-state index in [0.717, 1.165) is 5.56 Å². The van der Waals surface area contributed by atoms with Crippen LogP contribution >= 0.6 is 11.6 Å². The molecule has 2 aromatic carbocycles. The largest absolute Gasteiger partial charge is 0.486 e. The number of hydrogen-bond donors (Lipinski definition) is 2. The van der Waals surface area contributed by atoms with Crippen LogP contribution in [0.4, 0.5) is 0 Å². The van der Waals surface area contributed by atoms with Gasteiger partial charge in [0.2, 0.25) is 0 Å². The number of carbonyl (C=O) groups excluding carboxylic acids is 1. The third-order valence-electron chi connectivity index (χ3n) is 3.57. The van der Waals surface area contributed by atoms with Gasteiger partial charge in [-0.1, -0.05) is 23.7 Å². The summed E-state index contributed by atoms with van der Waals surface area (Å²) in [5.41, 5.74) is 1.13. The second-order valence-corrected chi connectivity index (χ2v) is 5.90. The summed E-state index contributed by atoms with van der Waals surface area (Å²) in [5, 5.41) is 11.7. The number of carboxylic acid groups (broad SMARTS) is 1. The number of carboxylic acids is 1. The van der Waals surface area contributed by atoms with Crippen LogP contribution in [0, 0.1) is 0 Å². The third-order valence-corrected chi connectivity index (χ3v) is 3.85. The molecule has 136 valence electrons. The number of carbonyl (C=O) groups is 2. The van der Waals surface area contributed by atoms with Crippen LogP contribution in [0.25, 0.3) is 0 Å². The molecular weight excluding hydrogens is 362 g/mol. The summed E-state index contributed by atoms with van der Waals surface area (Å²) < 4.78 is 16.0. The molecule has 1 aliphatic heterocycles. The van der Waals surface area contributed by atoms with E-state index in [-0.39, 0.29) is 12.5 Å². The van der Waals surface area contributed by atoms with Crippen molar-refractivity contribution < 1.29 is 28.9 Å². The second kappa shape index (κ2) is 7.97. The van der Waals surface area contributed by atoms with E-state index in [0.29, 0.717) is 41.0 Å². The molecule has 2 N–H and O–H groups in total. The minimum Gasteiger partial charge on any atom is -0.486 e. The van der Waals surface area contributed by atoms with Crippen molar-refractivity contribution in [2.75, 3.05) is 19.8 Å². The van der Waals surface area contributed by atoms with Crippen LogP contribution in [0.3, 0.4) is 0 Å². The third kappa shape index (κ3) is 4.37. The van der Waals surface area contributed by atoms with Gasteiger partial charge in [0.25, 0.3) is 5.91 Å². The molecule has 0 fully saturated rings. The van der Waals surface area contributed by atoms with Gasteiger partial charge in [-0.25, -0.2) is 4.79 Å². The van der Waals surface area contributed by atoms with Gasteiger partial charge in [-0.2, -0.15) is 0 Å². The van der Waals surface area contributed by atoms with E-state index >= 15 is 0 Å². The SMILES string of the molecule is O=C(O)COc1cccc(CNC(=O)c2cc(Cl)c3c(c2)OCCO3)c1. The van der Waals surface area contributed by atoms with Gasteiger partial charge in [-0.3, -0.25) is 4.79 Å². The van der Waals surface area contributed by atoms with E-state index in [2.05, 4.69) is 5.32 Å². The Bertz CT molecular complexity index is 838. The normalized spacial score (nSPS) is 12.3. The van der Waals surface area contributed by atoms with Crippen molar-refractivity contribution in [2.45, 2.75) is 6.54 Å². The van der Waals surface area contributed by atoms with Gasteiger partial charge < -0.3 is 24.6 Å². The first-order valence-electron chi connectivity index (χ1n) is 7.84. The van der Waals surface area contributed by atoms with Crippen molar-refractivity contribution in [3.8, 4) is 17.2 Å². The second-order valence-electron chi connectivity index (χ2n) is 5.49. The molecule has 0 atom stereocenters. The van der Waals surface area contributed by atoms with E-state index < -0.39 is 12.6 Å². The Morgan fingerprint density at radius 2 is 2.00 bits per heavy atom. The Morgan fingerprint density at radius 3 is 2.81 bits per heavy atom. The fourth-order valence-electron chi connectivity index (χ4n) is 2.42. The van der Waals surface area contributed by atoms with E-state index in [1.807, 2.05) is 0 Å². The zero-order valence-electron chi connectivity index (χ0n) is 13.7. The summed E-state index contributed by atoms with van der Waals surface area (Å²) in [4.78, 5) is 22.9. The average Bonchev–Trinajstić information content (AvgIpc) is 2.65. The fourth-order valence-corrected chi connectivity index (χ4v) is 2.68. The molecule has 1 aliphatic rings. The van der Waals surface area contributed by atoms with Gasteiger partial charge >= 0.3 is 5.97 Å². The van der Waals surface area contributed by atoms with E-state index in [9.17, 15) is 9.59 Å². The van der Waals surface area contributed by atoms with Crippen LogP contribution in [0.2, 0.25) is 5.02 Å². The Balaban J connectivity index is 1.65. The molecule has 0 spiro atoms. The summed E-state index contributed by atoms with van der Waals surface area (Å²) in [5.74, 6) is -0.0721. The van der Waals surface area contributed by atoms with Gasteiger partial charge in [0.05, 0.1) is 5.02 Å². The Labute approximate surface area is 154 Å². The summed E-state index contributed by atoms with van der Waals surface area (Å²) >= 11 is 6.14. The van der Waals surface area contributed by atoms with Gasteiger partial charge in [-0.15, -0.1) is 0 Å². The molecule has 26 heavy (non-hydrogen) atoms. The number of halogens is 1. The molecular formula is C18H16ClNO6. The van der Waals surface area contributed by atoms with Gasteiger partial charge in [-0.05, 0) is 29.8 Å².